The molecule has 2 rings (SSSR count). The third-order valence-electron chi connectivity index (χ3n) is 3.21. The van der Waals surface area contributed by atoms with Crippen LogP contribution in [0.2, 0.25) is 0 Å². The lowest BCUT2D eigenvalue weighted by molar-refractivity contribution is 0.0770. The fourth-order valence-corrected chi connectivity index (χ4v) is 2.14. The first-order chi connectivity index (χ1) is 7.98. The highest BCUT2D eigenvalue weighted by Gasteiger charge is 2.22. The number of likely N-dealkylation sites (tertiary alicyclic amines) is 1. The Morgan fingerprint density at radius 3 is 2.53 bits per heavy atom. The average Bonchev–Trinajstić information content (AvgIpc) is 2.80. The van der Waals surface area contributed by atoms with Crippen molar-refractivity contribution in [3.63, 3.8) is 0 Å². The smallest absolute Gasteiger partial charge is 0.253 e. The predicted octanol–water partition coefficient (Wildman–Crippen LogP) is 2.15. The normalized spacial score (nSPS) is 16.3. The van der Waals surface area contributed by atoms with Crippen molar-refractivity contribution in [1.29, 1.82) is 0 Å². The lowest BCUT2D eigenvalue weighted by Gasteiger charge is -2.20. The molecule has 0 aliphatic carbocycles. The highest BCUT2D eigenvalue weighted by atomic mass is 16.3. The van der Waals surface area contributed by atoms with Crippen LogP contribution in [0.1, 0.15) is 42.6 Å². The number of hydrogen-bond acceptors (Lipinski definition) is 2. The van der Waals surface area contributed by atoms with Gasteiger partial charge in [-0.25, -0.2) is 0 Å². The highest BCUT2D eigenvalue weighted by Crippen LogP contribution is 2.21. The number of nitrogens with zero attached hydrogens (tertiary/aromatic N) is 1. The standard InChI is InChI=1S/C14H19NO2/c1-14(2,17)12-7-5-6-11(10-12)13(16)15-8-3-4-9-15/h5-7,10,17H,3-4,8-9H2,1-2H3. The molecule has 0 saturated carbocycles. The molecule has 1 aliphatic rings. The molecule has 0 radical (unpaired) electrons. The van der Waals surface area contributed by atoms with Gasteiger partial charge in [0.2, 0.25) is 0 Å². The summed E-state index contributed by atoms with van der Waals surface area (Å²) in [5, 5.41) is 9.94. The number of carbonyl (C=O) groups is 1. The van der Waals surface area contributed by atoms with E-state index in [2.05, 4.69) is 0 Å². The van der Waals surface area contributed by atoms with Crippen LogP contribution >= 0.6 is 0 Å². The van der Waals surface area contributed by atoms with Crippen molar-refractivity contribution in [2.75, 3.05) is 13.1 Å². The summed E-state index contributed by atoms with van der Waals surface area (Å²) in [6.45, 7) is 5.16. The van der Waals surface area contributed by atoms with Gasteiger partial charge in [-0.1, -0.05) is 12.1 Å². The molecule has 17 heavy (non-hydrogen) atoms. The molecule has 0 aromatic heterocycles. The molecule has 0 unspecified atom stereocenters. The van der Waals surface area contributed by atoms with Gasteiger partial charge in [-0.2, -0.15) is 0 Å². The Hall–Kier alpha value is -1.35. The predicted molar refractivity (Wildman–Crippen MR) is 66.8 cm³/mol. The van der Waals surface area contributed by atoms with E-state index in [4.69, 9.17) is 0 Å². The minimum absolute atomic E-state index is 0.0774. The van der Waals surface area contributed by atoms with Gasteiger partial charge in [-0.15, -0.1) is 0 Å². The molecule has 1 aromatic carbocycles. The highest BCUT2D eigenvalue weighted by molar-refractivity contribution is 5.94. The van der Waals surface area contributed by atoms with E-state index in [-0.39, 0.29) is 5.91 Å². The molecule has 1 saturated heterocycles. The third-order valence-corrected chi connectivity index (χ3v) is 3.21. The van der Waals surface area contributed by atoms with Crippen molar-refractivity contribution >= 4 is 5.91 Å². The minimum atomic E-state index is -0.901. The van der Waals surface area contributed by atoms with Crippen molar-refractivity contribution < 1.29 is 9.90 Å². The number of hydrogen-bond donors (Lipinski definition) is 1. The molecule has 3 heteroatoms. The summed E-state index contributed by atoms with van der Waals surface area (Å²) in [4.78, 5) is 14.0. The van der Waals surface area contributed by atoms with E-state index in [0.717, 1.165) is 31.5 Å². The van der Waals surface area contributed by atoms with Crippen molar-refractivity contribution in [2.45, 2.75) is 32.3 Å². The lowest BCUT2D eigenvalue weighted by atomic mass is 9.96. The summed E-state index contributed by atoms with van der Waals surface area (Å²) < 4.78 is 0. The number of rotatable bonds is 2. The summed E-state index contributed by atoms with van der Waals surface area (Å²) in [7, 11) is 0. The minimum Gasteiger partial charge on any atom is -0.386 e. The Bertz CT molecular complexity index is 414. The van der Waals surface area contributed by atoms with E-state index < -0.39 is 5.60 Å². The molecule has 92 valence electrons. The summed E-state index contributed by atoms with van der Waals surface area (Å²) in [6, 6.07) is 7.29. The Morgan fingerprint density at radius 2 is 1.94 bits per heavy atom. The van der Waals surface area contributed by atoms with E-state index in [1.165, 1.54) is 0 Å². The zero-order valence-electron chi connectivity index (χ0n) is 10.4. The van der Waals surface area contributed by atoms with Crippen LogP contribution in [0, 0.1) is 0 Å². The average molecular weight is 233 g/mol. The van der Waals surface area contributed by atoms with Gasteiger partial charge in [0.1, 0.15) is 0 Å². The van der Waals surface area contributed by atoms with Crippen LogP contribution < -0.4 is 0 Å². The Balaban J connectivity index is 2.24. The number of aliphatic hydroxyl groups is 1. The van der Waals surface area contributed by atoms with Crippen molar-refractivity contribution in [1.82, 2.24) is 4.90 Å². The zero-order chi connectivity index (χ0) is 12.5. The van der Waals surface area contributed by atoms with Crippen molar-refractivity contribution in [2.24, 2.45) is 0 Å². The van der Waals surface area contributed by atoms with Crippen LogP contribution in [0.4, 0.5) is 0 Å². The third kappa shape index (κ3) is 2.67. The van der Waals surface area contributed by atoms with E-state index in [9.17, 15) is 9.90 Å². The van der Waals surface area contributed by atoms with Crippen molar-refractivity contribution in [3.8, 4) is 0 Å². The molecule has 1 aliphatic heterocycles. The van der Waals surface area contributed by atoms with Crippen LogP contribution in [0.5, 0.6) is 0 Å². The first kappa shape index (κ1) is 12.1. The van der Waals surface area contributed by atoms with Gasteiger partial charge >= 0.3 is 0 Å². The fourth-order valence-electron chi connectivity index (χ4n) is 2.14. The molecule has 1 amide bonds. The Kier molecular flexibility index (Phi) is 3.20. The molecule has 1 heterocycles. The molecular weight excluding hydrogens is 214 g/mol. The first-order valence-corrected chi connectivity index (χ1v) is 6.11. The molecule has 0 bridgehead atoms. The molecule has 1 fully saturated rings. The monoisotopic (exact) mass is 233 g/mol. The molecule has 3 nitrogen and oxygen atoms in total. The van der Waals surface area contributed by atoms with E-state index >= 15 is 0 Å². The van der Waals surface area contributed by atoms with Crippen molar-refractivity contribution in [3.05, 3.63) is 35.4 Å². The maximum Gasteiger partial charge on any atom is 0.253 e. The van der Waals surface area contributed by atoms with Gasteiger partial charge in [-0.05, 0) is 44.4 Å². The Morgan fingerprint density at radius 1 is 1.29 bits per heavy atom. The van der Waals surface area contributed by atoms with Gasteiger partial charge in [0, 0.05) is 18.7 Å². The van der Waals surface area contributed by atoms with E-state index in [1.807, 2.05) is 23.1 Å². The second-order valence-corrected chi connectivity index (χ2v) is 5.14. The van der Waals surface area contributed by atoms with Crippen LogP contribution in [-0.2, 0) is 5.60 Å². The van der Waals surface area contributed by atoms with Gasteiger partial charge in [0.05, 0.1) is 5.60 Å². The molecule has 0 spiro atoms. The van der Waals surface area contributed by atoms with E-state index in [0.29, 0.717) is 5.56 Å². The summed E-state index contributed by atoms with van der Waals surface area (Å²) in [6.07, 6.45) is 2.19. The quantitative estimate of drug-likeness (QED) is 0.850. The molecular formula is C14H19NO2. The fraction of sp³-hybridized carbons (Fsp3) is 0.500. The van der Waals surface area contributed by atoms with Crippen LogP contribution in [-0.4, -0.2) is 29.0 Å². The first-order valence-electron chi connectivity index (χ1n) is 6.11. The van der Waals surface area contributed by atoms with Crippen LogP contribution in [0.15, 0.2) is 24.3 Å². The summed E-state index contributed by atoms with van der Waals surface area (Å²) >= 11 is 0. The van der Waals surface area contributed by atoms with Gasteiger partial charge in [0.25, 0.3) is 5.91 Å². The zero-order valence-corrected chi connectivity index (χ0v) is 10.4. The second-order valence-electron chi connectivity index (χ2n) is 5.14. The number of amides is 1. The largest absolute Gasteiger partial charge is 0.386 e. The van der Waals surface area contributed by atoms with Crippen LogP contribution in [0.25, 0.3) is 0 Å². The maximum atomic E-state index is 12.2. The molecule has 1 aromatic rings. The van der Waals surface area contributed by atoms with Gasteiger partial charge < -0.3 is 10.0 Å². The molecule has 1 N–H and O–H groups in total. The SMILES string of the molecule is CC(C)(O)c1cccc(C(=O)N2CCCC2)c1. The van der Waals surface area contributed by atoms with Crippen LogP contribution in [0.3, 0.4) is 0 Å². The van der Waals surface area contributed by atoms with Gasteiger partial charge in [-0.3, -0.25) is 4.79 Å². The Labute approximate surface area is 102 Å². The van der Waals surface area contributed by atoms with Gasteiger partial charge in [0.15, 0.2) is 0 Å². The number of benzene rings is 1. The summed E-state index contributed by atoms with van der Waals surface area (Å²) in [5.74, 6) is 0.0774. The molecule has 0 atom stereocenters. The topological polar surface area (TPSA) is 40.5 Å². The van der Waals surface area contributed by atoms with E-state index in [1.54, 1.807) is 19.9 Å². The second kappa shape index (κ2) is 4.49. The summed E-state index contributed by atoms with van der Waals surface area (Å²) in [5.41, 5.74) is 0.551. The number of carbonyl (C=O) groups excluding carboxylic acids is 1. The lowest BCUT2D eigenvalue weighted by Crippen LogP contribution is -2.28. The maximum absolute atomic E-state index is 12.2.